The van der Waals surface area contributed by atoms with Gasteiger partial charge in [-0.3, -0.25) is 0 Å². The third-order valence-electron chi connectivity index (χ3n) is 2.79. The molecule has 5 heteroatoms. The summed E-state index contributed by atoms with van der Waals surface area (Å²) in [7, 11) is 0. The molecule has 0 radical (unpaired) electrons. The van der Waals surface area contributed by atoms with E-state index in [4.69, 9.17) is 20.9 Å². The minimum Gasteiger partial charge on any atom is -0.485 e. The monoisotopic (exact) mass is 294 g/mol. The normalized spacial score (nSPS) is 11.0. The first kappa shape index (κ1) is 14.9. The van der Waals surface area contributed by atoms with Crippen LogP contribution in [0.15, 0.2) is 35.0 Å². The quantitative estimate of drug-likeness (QED) is 0.847. The summed E-state index contributed by atoms with van der Waals surface area (Å²) in [6, 6.07) is 7.44. The van der Waals surface area contributed by atoms with Crippen LogP contribution in [0.5, 0.6) is 5.75 Å². The SMILES string of the molecule is CC(C)CNCc1c(Cl)cccc1OCc1ccno1. The highest BCUT2D eigenvalue weighted by Gasteiger charge is 2.09. The molecule has 0 spiro atoms. The van der Waals surface area contributed by atoms with Crippen LogP contribution in [0.1, 0.15) is 25.2 Å². The predicted molar refractivity (Wildman–Crippen MR) is 78.8 cm³/mol. The second-order valence-electron chi connectivity index (χ2n) is 5.01. The van der Waals surface area contributed by atoms with E-state index in [0.29, 0.717) is 29.9 Å². The van der Waals surface area contributed by atoms with Crippen LogP contribution >= 0.6 is 11.6 Å². The van der Waals surface area contributed by atoms with Gasteiger partial charge in [0.05, 0.1) is 6.20 Å². The minimum atomic E-state index is 0.345. The van der Waals surface area contributed by atoms with Gasteiger partial charge in [-0.15, -0.1) is 0 Å². The average Bonchev–Trinajstić information content (AvgIpc) is 2.91. The van der Waals surface area contributed by atoms with Crippen molar-refractivity contribution in [2.24, 2.45) is 5.92 Å². The maximum Gasteiger partial charge on any atom is 0.174 e. The highest BCUT2D eigenvalue weighted by molar-refractivity contribution is 6.31. The molecule has 0 aliphatic carbocycles. The summed E-state index contributed by atoms with van der Waals surface area (Å²) in [6.45, 7) is 6.30. The van der Waals surface area contributed by atoms with E-state index in [1.54, 1.807) is 12.3 Å². The summed E-state index contributed by atoms with van der Waals surface area (Å²) in [6.07, 6.45) is 1.60. The van der Waals surface area contributed by atoms with Crippen molar-refractivity contribution >= 4 is 11.6 Å². The highest BCUT2D eigenvalue weighted by Crippen LogP contribution is 2.27. The van der Waals surface area contributed by atoms with Gasteiger partial charge in [-0.2, -0.15) is 0 Å². The van der Waals surface area contributed by atoms with Gasteiger partial charge in [-0.05, 0) is 24.6 Å². The Hall–Kier alpha value is -1.52. The van der Waals surface area contributed by atoms with E-state index in [0.717, 1.165) is 17.9 Å². The first-order valence-electron chi connectivity index (χ1n) is 6.67. The van der Waals surface area contributed by atoms with E-state index in [9.17, 15) is 0 Å². The zero-order chi connectivity index (χ0) is 14.4. The van der Waals surface area contributed by atoms with Crippen molar-refractivity contribution in [3.63, 3.8) is 0 Å². The fraction of sp³-hybridized carbons (Fsp3) is 0.400. The molecule has 0 atom stereocenters. The molecule has 0 unspecified atom stereocenters. The van der Waals surface area contributed by atoms with Gasteiger partial charge < -0.3 is 14.6 Å². The lowest BCUT2D eigenvalue weighted by Crippen LogP contribution is -2.19. The average molecular weight is 295 g/mol. The van der Waals surface area contributed by atoms with Crippen LogP contribution in [-0.4, -0.2) is 11.7 Å². The molecule has 0 amide bonds. The van der Waals surface area contributed by atoms with Crippen molar-refractivity contribution in [2.45, 2.75) is 27.0 Å². The molecule has 1 N–H and O–H groups in total. The molecule has 0 aliphatic heterocycles. The Morgan fingerprint density at radius 1 is 1.35 bits per heavy atom. The molecule has 4 nitrogen and oxygen atoms in total. The van der Waals surface area contributed by atoms with Crippen LogP contribution in [-0.2, 0) is 13.2 Å². The zero-order valence-electron chi connectivity index (χ0n) is 11.7. The molecule has 1 heterocycles. The van der Waals surface area contributed by atoms with Crippen LogP contribution in [0.4, 0.5) is 0 Å². The van der Waals surface area contributed by atoms with Gasteiger partial charge in [0.15, 0.2) is 5.76 Å². The van der Waals surface area contributed by atoms with Crippen LogP contribution in [0.2, 0.25) is 5.02 Å². The number of ether oxygens (including phenoxy) is 1. The standard InChI is InChI=1S/C15H19ClN2O2/c1-11(2)8-17-9-13-14(16)4-3-5-15(13)19-10-12-6-7-18-20-12/h3-7,11,17H,8-10H2,1-2H3. The van der Waals surface area contributed by atoms with Crippen molar-refractivity contribution in [1.29, 1.82) is 0 Å². The molecule has 0 bridgehead atoms. The summed E-state index contributed by atoms with van der Waals surface area (Å²) in [4.78, 5) is 0. The Bertz CT molecular complexity index is 527. The molecule has 2 rings (SSSR count). The van der Waals surface area contributed by atoms with Crippen molar-refractivity contribution in [1.82, 2.24) is 10.5 Å². The molecule has 0 saturated carbocycles. The Labute approximate surface area is 124 Å². The molecule has 0 fully saturated rings. The molecule has 2 aromatic rings. The Kier molecular flexibility index (Phi) is 5.44. The van der Waals surface area contributed by atoms with E-state index in [-0.39, 0.29) is 0 Å². The Morgan fingerprint density at radius 2 is 2.20 bits per heavy atom. The number of aromatic nitrogens is 1. The fourth-order valence-corrected chi connectivity index (χ4v) is 2.03. The minimum absolute atomic E-state index is 0.345. The molecule has 0 saturated heterocycles. The van der Waals surface area contributed by atoms with Crippen LogP contribution in [0.3, 0.4) is 0 Å². The van der Waals surface area contributed by atoms with Crippen molar-refractivity contribution in [2.75, 3.05) is 6.54 Å². The molecule has 108 valence electrons. The summed E-state index contributed by atoms with van der Waals surface area (Å²) in [5.74, 6) is 2.05. The Morgan fingerprint density at radius 3 is 2.90 bits per heavy atom. The van der Waals surface area contributed by atoms with E-state index < -0.39 is 0 Å². The van der Waals surface area contributed by atoms with Crippen LogP contribution in [0.25, 0.3) is 0 Å². The van der Waals surface area contributed by atoms with Crippen LogP contribution in [0, 0.1) is 5.92 Å². The lowest BCUT2D eigenvalue weighted by atomic mass is 10.1. The smallest absolute Gasteiger partial charge is 0.174 e. The molecular weight excluding hydrogens is 276 g/mol. The first-order valence-corrected chi connectivity index (χ1v) is 7.05. The number of hydrogen-bond donors (Lipinski definition) is 1. The van der Waals surface area contributed by atoms with Gasteiger partial charge in [0, 0.05) is 23.2 Å². The van der Waals surface area contributed by atoms with Gasteiger partial charge in [0.1, 0.15) is 12.4 Å². The third kappa shape index (κ3) is 4.25. The largest absolute Gasteiger partial charge is 0.485 e. The number of hydrogen-bond acceptors (Lipinski definition) is 4. The predicted octanol–water partition coefficient (Wildman–Crippen LogP) is 3.65. The van der Waals surface area contributed by atoms with E-state index in [1.165, 1.54) is 0 Å². The maximum atomic E-state index is 6.25. The topological polar surface area (TPSA) is 47.3 Å². The molecule has 20 heavy (non-hydrogen) atoms. The van der Waals surface area contributed by atoms with E-state index in [1.807, 2.05) is 18.2 Å². The molecule has 1 aromatic heterocycles. The van der Waals surface area contributed by atoms with Gasteiger partial charge in [0.25, 0.3) is 0 Å². The molecular formula is C15H19ClN2O2. The fourth-order valence-electron chi connectivity index (χ4n) is 1.80. The number of rotatable bonds is 7. The van der Waals surface area contributed by atoms with Crippen molar-refractivity contribution < 1.29 is 9.26 Å². The molecule has 0 aliphatic rings. The van der Waals surface area contributed by atoms with Crippen molar-refractivity contribution in [3.8, 4) is 5.75 Å². The number of nitrogens with zero attached hydrogens (tertiary/aromatic N) is 1. The van der Waals surface area contributed by atoms with E-state index in [2.05, 4.69) is 24.3 Å². The van der Waals surface area contributed by atoms with Gasteiger partial charge in [0.2, 0.25) is 0 Å². The number of halogens is 1. The highest BCUT2D eigenvalue weighted by atomic mass is 35.5. The van der Waals surface area contributed by atoms with Gasteiger partial charge in [-0.25, -0.2) is 0 Å². The second-order valence-corrected chi connectivity index (χ2v) is 5.42. The maximum absolute atomic E-state index is 6.25. The zero-order valence-corrected chi connectivity index (χ0v) is 12.5. The summed E-state index contributed by atoms with van der Waals surface area (Å²) in [5.41, 5.74) is 0.967. The van der Waals surface area contributed by atoms with Crippen LogP contribution < -0.4 is 10.1 Å². The number of nitrogens with one attached hydrogen (secondary N) is 1. The van der Waals surface area contributed by atoms with Gasteiger partial charge in [-0.1, -0.05) is 36.7 Å². The lowest BCUT2D eigenvalue weighted by Gasteiger charge is -2.13. The second kappa shape index (κ2) is 7.31. The summed E-state index contributed by atoms with van der Waals surface area (Å²) in [5, 5.41) is 7.73. The molecule has 1 aromatic carbocycles. The first-order chi connectivity index (χ1) is 9.66. The van der Waals surface area contributed by atoms with E-state index >= 15 is 0 Å². The van der Waals surface area contributed by atoms with Gasteiger partial charge >= 0.3 is 0 Å². The van der Waals surface area contributed by atoms with Crippen molar-refractivity contribution in [3.05, 3.63) is 46.8 Å². The summed E-state index contributed by atoms with van der Waals surface area (Å²) < 4.78 is 10.8. The lowest BCUT2D eigenvalue weighted by molar-refractivity contribution is 0.247. The summed E-state index contributed by atoms with van der Waals surface area (Å²) >= 11 is 6.25. The number of benzene rings is 1. The third-order valence-corrected chi connectivity index (χ3v) is 3.15. The Balaban J connectivity index is 2.01.